The fourth-order valence-corrected chi connectivity index (χ4v) is 1.44. The Morgan fingerprint density at radius 3 is 2.74 bits per heavy atom. The molecule has 0 bridgehead atoms. The van der Waals surface area contributed by atoms with Crippen molar-refractivity contribution in [3.05, 3.63) is 23.7 Å². The second-order valence-electron chi connectivity index (χ2n) is 4.35. The average molecular weight is 267 g/mol. The number of carbonyl (C=O) groups excluding carboxylic acids is 2. The van der Waals surface area contributed by atoms with Crippen LogP contribution in [0.25, 0.3) is 0 Å². The second-order valence-corrected chi connectivity index (χ2v) is 4.35. The molecule has 1 aromatic rings. The maximum Gasteiger partial charge on any atom is 0.287 e. The van der Waals surface area contributed by atoms with Gasteiger partial charge in [-0.3, -0.25) is 9.59 Å². The van der Waals surface area contributed by atoms with Crippen LogP contribution >= 0.6 is 0 Å². The molecule has 1 rings (SSSR count). The minimum atomic E-state index is -0.337. The quantitative estimate of drug-likeness (QED) is 0.679. The van der Waals surface area contributed by atoms with Gasteiger partial charge in [-0.2, -0.15) is 0 Å². The van der Waals surface area contributed by atoms with Crippen molar-refractivity contribution < 1.29 is 14.0 Å². The summed E-state index contributed by atoms with van der Waals surface area (Å²) in [6.07, 6.45) is 1.13. The Kier molecular flexibility index (Phi) is 6.08. The molecule has 0 aliphatic carbocycles. The summed E-state index contributed by atoms with van der Waals surface area (Å²) in [5, 5.41) is 5.45. The third kappa shape index (κ3) is 5.13. The third-order valence-corrected chi connectivity index (χ3v) is 2.74. The molecule has 1 unspecified atom stereocenters. The maximum atomic E-state index is 11.7. The van der Waals surface area contributed by atoms with Gasteiger partial charge in [-0.15, -0.1) is 0 Å². The smallest absolute Gasteiger partial charge is 0.287 e. The fourth-order valence-electron chi connectivity index (χ4n) is 1.44. The first-order chi connectivity index (χ1) is 9.06. The molecule has 0 aliphatic heterocycles. The van der Waals surface area contributed by atoms with E-state index in [4.69, 9.17) is 10.2 Å². The molecule has 0 saturated carbocycles. The van der Waals surface area contributed by atoms with Gasteiger partial charge in [-0.05, 0) is 25.5 Å². The van der Waals surface area contributed by atoms with Gasteiger partial charge in [0.25, 0.3) is 5.91 Å². The van der Waals surface area contributed by atoms with Crippen LogP contribution < -0.4 is 16.4 Å². The van der Waals surface area contributed by atoms with E-state index in [-0.39, 0.29) is 43.1 Å². The molecule has 6 nitrogen and oxygen atoms in total. The number of nitrogens with one attached hydrogen (secondary N) is 2. The summed E-state index contributed by atoms with van der Waals surface area (Å²) in [6, 6.07) is 3.38. The molecule has 1 heterocycles. The lowest BCUT2D eigenvalue weighted by atomic mass is 10.2. The summed E-state index contributed by atoms with van der Waals surface area (Å²) in [5.41, 5.74) is 5.38. The molecule has 0 radical (unpaired) electrons. The molecule has 19 heavy (non-hydrogen) atoms. The fraction of sp³-hybridized carbons (Fsp3) is 0.538. The Labute approximate surface area is 112 Å². The van der Waals surface area contributed by atoms with E-state index in [0.717, 1.165) is 6.42 Å². The standard InChI is InChI=1S/C13H21N3O3/c1-3-9(2)16-12(17)6-7-15-13(18)11-5-4-10(8-14)19-11/h4-5,9H,3,6-8,14H2,1-2H3,(H,15,18)(H,16,17). The van der Waals surface area contributed by atoms with Crippen LogP contribution in [0.2, 0.25) is 0 Å². The van der Waals surface area contributed by atoms with E-state index < -0.39 is 0 Å². The van der Waals surface area contributed by atoms with Crippen LogP contribution in [0.5, 0.6) is 0 Å². The zero-order chi connectivity index (χ0) is 14.3. The number of hydrogen-bond acceptors (Lipinski definition) is 4. The number of rotatable bonds is 7. The predicted molar refractivity (Wildman–Crippen MR) is 71.4 cm³/mol. The first kappa shape index (κ1) is 15.2. The first-order valence-electron chi connectivity index (χ1n) is 6.43. The van der Waals surface area contributed by atoms with Crippen molar-refractivity contribution >= 4 is 11.8 Å². The highest BCUT2D eigenvalue weighted by molar-refractivity contribution is 5.91. The van der Waals surface area contributed by atoms with Gasteiger partial charge in [0, 0.05) is 19.0 Å². The molecule has 1 atom stereocenters. The SMILES string of the molecule is CCC(C)NC(=O)CCNC(=O)c1ccc(CN)o1. The van der Waals surface area contributed by atoms with Crippen molar-refractivity contribution in [1.82, 2.24) is 10.6 Å². The summed E-state index contributed by atoms with van der Waals surface area (Å²) in [7, 11) is 0. The Hall–Kier alpha value is -1.82. The summed E-state index contributed by atoms with van der Waals surface area (Å²) in [6.45, 7) is 4.47. The van der Waals surface area contributed by atoms with Crippen molar-refractivity contribution in [2.24, 2.45) is 5.73 Å². The topological polar surface area (TPSA) is 97.4 Å². The lowest BCUT2D eigenvalue weighted by molar-refractivity contribution is -0.121. The second kappa shape index (κ2) is 7.58. The van der Waals surface area contributed by atoms with Gasteiger partial charge in [0.15, 0.2) is 5.76 Å². The van der Waals surface area contributed by atoms with Gasteiger partial charge in [0.1, 0.15) is 5.76 Å². The summed E-state index contributed by atoms with van der Waals surface area (Å²) in [4.78, 5) is 23.1. The van der Waals surface area contributed by atoms with E-state index in [9.17, 15) is 9.59 Å². The van der Waals surface area contributed by atoms with Crippen molar-refractivity contribution in [3.8, 4) is 0 Å². The lowest BCUT2D eigenvalue weighted by Crippen LogP contribution is -2.35. The molecule has 0 fully saturated rings. The monoisotopic (exact) mass is 267 g/mol. The van der Waals surface area contributed by atoms with Gasteiger partial charge in [-0.25, -0.2) is 0 Å². The van der Waals surface area contributed by atoms with Gasteiger partial charge in [0.2, 0.25) is 5.91 Å². The molecule has 2 amide bonds. The highest BCUT2D eigenvalue weighted by Gasteiger charge is 2.11. The van der Waals surface area contributed by atoms with E-state index in [1.807, 2.05) is 13.8 Å². The molecular formula is C13H21N3O3. The number of furan rings is 1. The van der Waals surface area contributed by atoms with E-state index in [2.05, 4.69) is 10.6 Å². The van der Waals surface area contributed by atoms with Crippen LogP contribution in [0.1, 0.15) is 43.0 Å². The highest BCUT2D eigenvalue weighted by atomic mass is 16.4. The van der Waals surface area contributed by atoms with Gasteiger partial charge in [0.05, 0.1) is 6.54 Å². The van der Waals surface area contributed by atoms with Crippen molar-refractivity contribution in [2.45, 2.75) is 39.3 Å². The van der Waals surface area contributed by atoms with E-state index >= 15 is 0 Å². The van der Waals surface area contributed by atoms with Crippen molar-refractivity contribution in [2.75, 3.05) is 6.54 Å². The molecule has 4 N–H and O–H groups in total. The Balaban J connectivity index is 2.29. The minimum Gasteiger partial charge on any atom is -0.455 e. The molecule has 106 valence electrons. The lowest BCUT2D eigenvalue weighted by Gasteiger charge is -2.11. The first-order valence-corrected chi connectivity index (χ1v) is 6.43. The number of carbonyl (C=O) groups is 2. The molecule has 0 saturated heterocycles. The zero-order valence-electron chi connectivity index (χ0n) is 11.4. The summed E-state index contributed by atoms with van der Waals surface area (Å²) >= 11 is 0. The van der Waals surface area contributed by atoms with Crippen LogP contribution in [-0.4, -0.2) is 24.4 Å². The van der Waals surface area contributed by atoms with Crippen LogP contribution in [0.4, 0.5) is 0 Å². The van der Waals surface area contributed by atoms with Gasteiger partial charge in [-0.1, -0.05) is 6.92 Å². The minimum absolute atomic E-state index is 0.0725. The van der Waals surface area contributed by atoms with Gasteiger partial charge >= 0.3 is 0 Å². The molecule has 0 aromatic carbocycles. The molecular weight excluding hydrogens is 246 g/mol. The van der Waals surface area contributed by atoms with Gasteiger partial charge < -0.3 is 20.8 Å². The normalized spacial score (nSPS) is 11.9. The number of hydrogen-bond donors (Lipinski definition) is 3. The Bertz CT molecular complexity index is 429. The van der Waals surface area contributed by atoms with E-state index in [1.165, 1.54) is 0 Å². The third-order valence-electron chi connectivity index (χ3n) is 2.74. The van der Waals surface area contributed by atoms with Crippen LogP contribution in [-0.2, 0) is 11.3 Å². The molecule has 0 spiro atoms. The molecule has 0 aliphatic rings. The number of nitrogens with two attached hydrogens (primary N) is 1. The molecule has 6 heteroatoms. The van der Waals surface area contributed by atoms with E-state index in [1.54, 1.807) is 12.1 Å². The Morgan fingerprint density at radius 2 is 2.16 bits per heavy atom. The summed E-state index contributed by atoms with van der Waals surface area (Å²) in [5.74, 6) is 0.357. The highest BCUT2D eigenvalue weighted by Crippen LogP contribution is 2.06. The van der Waals surface area contributed by atoms with Crippen LogP contribution in [0, 0.1) is 0 Å². The largest absolute Gasteiger partial charge is 0.455 e. The van der Waals surface area contributed by atoms with E-state index in [0.29, 0.717) is 5.76 Å². The maximum absolute atomic E-state index is 11.7. The Morgan fingerprint density at radius 1 is 1.42 bits per heavy atom. The predicted octanol–water partition coefficient (Wildman–Crippen LogP) is 0.773. The zero-order valence-corrected chi connectivity index (χ0v) is 11.4. The van der Waals surface area contributed by atoms with Crippen molar-refractivity contribution in [1.29, 1.82) is 0 Å². The van der Waals surface area contributed by atoms with Crippen LogP contribution in [0.3, 0.4) is 0 Å². The summed E-state index contributed by atoms with van der Waals surface area (Å²) < 4.78 is 5.20. The van der Waals surface area contributed by atoms with Crippen molar-refractivity contribution in [3.63, 3.8) is 0 Å². The average Bonchev–Trinajstić information content (AvgIpc) is 2.87. The van der Waals surface area contributed by atoms with Crippen LogP contribution in [0.15, 0.2) is 16.5 Å². The number of amides is 2. The molecule has 1 aromatic heterocycles.